The minimum atomic E-state index is 0.0800. The first-order valence-electron chi connectivity index (χ1n) is 3.92. The lowest BCUT2D eigenvalue weighted by molar-refractivity contribution is 0.0938. The van der Waals surface area contributed by atoms with Gasteiger partial charge in [-0.2, -0.15) is 0 Å². The molecule has 0 heterocycles. The third-order valence-electron chi connectivity index (χ3n) is 1.17. The Morgan fingerprint density at radius 3 is 2.45 bits per heavy atom. The van der Waals surface area contributed by atoms with E-state index < -0.39 is 0 Å². The predicted molar refractivity (Wildman–Crippen MR) is 42.5 cm³/mol. The highest BCUT2D eigenvalue weighted by atomic mass is 16.5. The van der Waals surface area contributed by atoms with E-state index in [4.69, 9.17) is 14.9 Å². The maximum Gasteiger partial charge on any atom is 0.0698 e. The number of nitrogens with one attached hydrogen (secondary N) is 1. The molecule has 0 radical (unpaired) electrons. The molecular weight excluding hydrogens is 146 g/mol. The molecule has 68 valence electrons. The van der Waals surface area contributed by atoms with E-state index in [1.165, 1.54) is 0 Å². The van der Waals surface area contributed by atoms with E-state index in [0.717, 1.165) is 19.5 Å². The molecule has 3 N–H and O–H groups in total. The van der Waals surface area contributed by atoms with Gasteiger partial charge in [-0.05, 0) is 13.0 Å². The summed E-state index contributed by atoms with van der Waals surface area (Å²) in [6.45, 7) is 2.92. The molecule has 0 amide bonds. The van der Waals surface area contributed by atoms with Crippen molar-refractivity contribution in [3.05, 3.63) is 0 Å². The molecule has 4 heteroatoms. The van der Waals surface area contributed by atoms with Crippen LogP contribution in [0.5, 0.6) is 0 Å². The van der Waals surface area contributed by atoms with Crippen molar-refractivity contribution in [1.82, 2.24) is 5.32 Å². The van der Waals surface area contributed by atoms with E-state index in [0.29, 0.717) is 13.2 Å². The highest BCUT2D eigenvalue weighted by Crippen LogP contribution is 1.73. The maximum atomic E-state index is 8.40. The zero-order valence-corrected chi connectivity index (χ0v) is 6.75. The molecule has 0 saturated heterocycles. The summed E-state index contributed by atoms with van der Waals surface area (Å²) in [6.07, 6.45) is 0.778. The van der Waals surface area contributed by atoms with Gasteiger partial charge >= 0.3 is 0 Å². The average molecular weight is 163 g/mol. The Kier molecular flexibility index (Phi) is 9.70. The Morgan fingerprint density at radius 2 is 1.82 bits per heavy atom. The molecule has 0 aliphatic rings. The van der Waals surface area contributed by atoms with Gasteiger partial charge in [0.1, 0.15) is 0 Å². The standard InChI is InChI=1S/C7H17NO3/c9-4-1-2-8-3-6-11-7-5-10/h8-10H,1-7H2. The van der Waals surface area contributed by atoms with Gasteiger partial charge < -0.3 is 20.3 Å². The van der Waals surface area contributed by atoms with Gasteiger partial charge in [0, 0.05) is 13.2 Å². The van der Waals surface area contributed by atoms with Crippen molar-refractivity contribution in [1.29, 1.82) is 0 Å². The molecule has 0 fully saturated rings. The summed E-state index contributed by atoms with van der Waals surface area (Å²) in [4.78, 5) is 0. The van der Waals surface area contributed by atoms with Crippen LogP contribution in [0.3, 0.4) is 0 Å². The third kappa shape index (κ3) is 9.84. The zero-order valence-electron chi connectivity index (χ0n) is 6.75. The predicted octanol–water partition coefficient (Wildman–Crippen LogP) is -1.03. The second-order valence-electron chi connectivity index (χ2n) is 2.16. The Hall–Kier alpha value is -0.160. The lowest BCUT2D eigenvalue weighted by Gasteiger charge is -2.03. The van der Waals surface area contributed by atoms with E-state index in [1.807, 2.05) is 0 Å². The molecule has 0 rings (SSSR count). The van der Waals surface area contributed by atoms with Gasteiger partial charge in [0.05, 0.1) is 19.8 Å². The lowest BCUT2D eigenvalue weighted by Crippen LogP contribution is -2.22. The first-order valence-corrected chi connectivity index (χ1v) is 3.92. The van der Waals surface area contributed by atoms with Crippen molar-refractivity contribution in [2.75, 3.05) is 39.5 Å². The fraction of sp³-hybridized carbons (Fsp3) is 1.00. The van der Waals surface area contributed by atoms with Gasteiger partial charge in [-0.3, -0.25) is 0 Å². The number of aliphatic hydroxyl groups is 2. The minimum absolute atomic E-state index is 0.0800. The Morgan fingerprint density at radius 1 is 1.00 bits per heavy atom. The summed E-state index contributed by atoms with van der Waals surface area (Å²) < 4.78 is 4.99. The third-order valence-corrected chi connectivity index (χ3v) is 1.17. The van der Waals surface area contributed by atoms with Crippen LogP contribution >= 0.6 is 0 Å². The first kappa shape index (κ1) is 10.8. The van der Waals surface area contributed by atoms with Crippen LogP contribution in [0.4, 0.5) is 0 Å². The average Bonchev–Trinajstić information content (AvgIpc) is 2.03. The van der Waals surface area contributed by atoms with Crippen molar-refractivity contribution in [2.24, 2.45) is 0 Å². The van der Waals surface area contributed by atoms with Crippen LogP contribution in [0.25, 0.3) is 0 Å². The summed E-state index contributed by atoms with van der Waals surface area (Å²) in [5.74, 6) is 0. The van der Waals surface area contributed by atoms with Gasteiger partial charge in [-0.25, -0.2) is 0 Å². The van der Waals surface area contributed by atoms with Crippen molar-refractivity contribution in [2.45, 2.75) is 6.42 Å². The van der Waals surface area contributed by atoms with Crippen molar-refractivity contribution in [3.8, 4) is 0 Å². The molecular formula is C7H17NO3. The molecule has 0 aromatic carbocycles. The van der Waals surface area contributed by atoms with Gasteiger partial charge in [0.25, 0.3) is 0 Å². The maximum absolute atomic E-state index is 8.40. The lowest BCUT2D eigenvalue weighted by atomic mass is 10.4. The molecule has 0 saturated carbocycles. The van der Waals surface area contributed by atoms with Gasteiger partial charge in [-0.15, -0.1) is 0 Å². The topological polar surface area (TPSA) is 61.7 Å². The first-order chi connectivity index (χ1) is 5.41. The van der Waals surface area contributed by atoms with Crippen LogP contribution in [-0.2, 0) is 4.74 Å². The molecule has 0 aromatic rings. The molecule has 0 bridgehead atoms. The number of rotatable bonds is 8. The molecule has 4 nitrogen and oxygen atoms in total. The molecule has 0 aliphatic carbocycles. The molecule has 0 atom stereocenters. The van der Waals surface area contributed by atoms with Crippen molar-refractivity contribution < 1.29 is 14.9 Å². The van der Waals surface area contributed by atoms with Crippen LogP contribution in [0.15, 0.2) is 0 Å². The van der Waals surface area contributed by atoms with E-state index in [9.17, 15) is 0 Å². The highest BCUT2D eigenvalue weighted by Gasteiger charge is 1.87. The van der Waals surface area contributed by atoms with Gasteiger partial charge in [0.15, 0.2) is 0 Å². The van der Waals surface area contributed by atoms with Crippen LogP contribution in [0.1, 0.15) is 6.42 Å². The van der Waals surface area contributed by atoms with E-state index in [1.54, 1.807) is 0 Å². The number of hydrogen-bond acceptors (Lipinski definition) is 4. The van der Waals surface area contributed by atoms with E-state index in [2.05, 4.69) is 5.32 Å². The summed E-state index contributed by atoms with van der Waals surface area (Å²) in [5.41, 5.74) is 0. The van der Waals surface area contributed by atoms with Crippen molar-refractivity contribution in [3.63, 3.8) is 0 Å². The largest absolute Gasteiger partial charge is 0.396 e. The zero-order chi connectivity index (χ0) is 8.36. The fourth-order valence-corrected chi connectivity index (χ4v) is 0.640. The summed E-state index contributed by atoms with van der Waals surface area (Å²) in [6, 6.07) is 0. The van der Waals surface area contributed by atoms with Gasteiger partial charge in [-0.1, -0.05) is 0 Å². The number of hydrogen-bond donors (Lipinski definition) is 3. The fourth-order valence-electron chi connectivity index (χ4n) is 0.640. The molecule has 0 spiro atoms. The molecule has 11 heavy (non-hydrogen) atoms. The number of ether oxygens (including phenoxy) is 1. The quantitative estimate of drug-likeness (QED) is 0.400. The van der Waals surface area contributed by atoms with Crippen LogP contribution < -0.4 is 5.32 Å². The Labute approximate surface area is 67.2 Å². The minimum Gasteiger partial charge on any atom is -0.396 e. The summed E-state index contributed by atoms with van der Waals surface area (Å²) in [7, 11) is 0. The molecule has 0 aliphatic heterocycles. The SMILES string of the molecule is OCCCNCCOCCO. The second-order valence-corrected chi connectivity index (χ2v) is 2.16. The summed E-state index contributed by atoms with van der Waals surface area (Å²) >= 11 is 0. The van der Waals surface area contributed by atoms with E-state index in [-0.39, 0.29) is 13.2 Å². The van der Waals surface area contributed by atoms with Crippen LogP contribution in [0.2, 0.25) is 0 Å². The monoisotopic (exact) mass is 163 g/mol. The van der Waals surface area contributed by atoms with Crippen LogP contribution in [-0.4, -0.2) is 49.7 Å². The van der Waals surface area contributed by atoms with E-state index >= 15 is 0 Å². The molecule has 0 aromatic heterocycles. The Balaban J connectivity index is 2.69. The van der Waals surface area contributed by atoms with Crippen molar-refractivity contribution >= 4 is 0 Å². The summed E-state index contributed by atoms with van der Waals surface area (Å²) in [5, 5.41) is 19.8. The second kappa shape index (κ2) is 9.84. The molecule has 0 unspecified atom stereocenters. The normalized spacial score (nSPS) is 10.4. The van der Waals surface area contributed by atoms with Crippen LogP contribution in [0, 0.1) is 0 Å². The van der Waals surface area contributed by atoms with Gasteiger partial charge in [0.2, 0.25) is 0 Å². The smallest absolute Gasteiger partial charge is 0.0698 e. The highest BCUT2D eigenvalue weighted by molar-refractivity contribution is 4.45. The number of aliphatic hydroxyl groups excluding tert-OH is 2. The Bertz CT molecular complexity index is 62.7.